The Bertz CT molecular complexity index is 1970. The van der Waals surface area contributed by atoms with Gasteiger partial charge in [-0.25, -0.2) is 0 Å². The summed E-state index contributed by atoms with van der Waals surface area (Å²) >= 11 is 0. The first-order valence-electron chi connectivity index (χ1n) is 16.1. The molecular weight excluding hydrogens is 672 g/mol. The van der Waals surface area contributed by atoms with E-state index >= 15 is 0 Å². The standard InChI is InChI=1S/C36H36O15/c1-14-10-21(41)27-31(45)25-23(50-35(27,12-37)33(14)48-17(4)39)8-6-19(29(25)43)20-7-9-24-26(30(20)44)32(46)28-22(42)11-15(2)34(49-18(5)40)36(28,51-24)13-47-16(3)38/h6-9,14-15,33-34,37,43-46H,10-13H2,1-5H3. The number of ketones is 2. The second-order valence-corrected chi connectivity index (χ2v) is 13.3. The molecule has 2 aliphatic heterocycles. The van der Waals surface area contributed by atoms with E-state index in [1.54, 1.807) is 13.8 Å². The lowest BCUT2D eigenvalue weighted by Gasteiger charge is -2.48. The predicted molar refractivity (Wildman–Crippen MR) is 173 cm³/mol. The van der Waals surface area contributed by atoms with Crippen LogP contribution in [0.4, 0.5) is 0 Å². The minimum atomic E-state index is -1.98. The molecular formula is C36H36O15. The molecule has 51 heavy (non-hydrogen) atoms. The van der Waals surface area contributed by atoms with E-state index in [9.17, 15) is 49.5 Å². The summed E-state index contributed by atoms with van der Waals surface area (Å²) in [4.78, 5) is 62.9. The topological polar surface area (TPSA) is 233 Å². The van der Waals surface area contributed by atoms with E-state index < -0.39 is 112 Å². The van der Waals surface area contributed by atoms with Crippen LogP contribution in [-0.2, 0) is 38.2 Å². The molecule has 15 heteroatoms. The number of fused-ring (bicyclic) bond motifs is 4. The van der Waals surface area contributed by atoms with Gasteiger partial charge in [0.05, 0.1) is 17.8 Å². The lowest BCUT2D eigenvalue weighted by molar-refractivity contribution is -0.177. The Morgan fingerprint density at radius 3 is 1.53 bits per heavy atom. The fraction of sp³-hybridized carbons (Fsp3) is 0.417. The van der Waals surface area contributed by atoms with Crippen LogP contribution in [0.15, 0.2) is 35.4 Å². The first-order chi connectivity index (χ1) is 24.0. The first-order valence-corrected chi connectivity index (χ1v) is 16.1. The number of rotatable bonds is 6. The van der Waals surface area contributed by atoms with Crippen LogP contribution in [0.5, 0.6) is 23.0 Å². The van der Waals surface area contributed by atoms with Crippen molar-refractivity contribution in [1.29, 1.82) is 0 Å². The molecule has 2 heterocycles. The molecule has 2 aromatic rings. The molecule has 0 amide bonds. The molecule has 4 aliphatic rings. The molecule has 0 bridgehead atoms. The zero-order chi connectivity index (χ0) is 37.3. The van der Waals surface area contributed by atoms with E-state index in [-0.39, 0.29) is 46.6 Å². The van der Waals surface area contributed by atoms with Gasteiger partial charge in [0.15, 0.2) is 23.8 Å². The van der Waals surface area contributed by atoms with Gasteiger partial charge < -0.3 is 49.2 Å². The van der Waals surface area contributed by atoms with Crippen molar-refractivity contribution in [3.05, 3.63) is 46.5 Å². The molecule has 0 radical (unpaired) electrons. The van der Waals surface area contributed by atoms with E-state index in [1.807, 2.05) is 0 Å². The average molecular weight is 709 g/mol. The number of esters is 3. The van der Waals surface area contributed by atoms with E-state index in [0.29, 0.717) is 0 Å². The first kappa shape index (κ1) is 35.3. The maximum Gasteiger partial charge on any atom is 0.303 e. The summed E-state index contributed by atoms with van der Waals surface area (Å²) < 4.78 is 28.7. The van der Waals surface area contributed by atoms with Gasteiger partial charge in [0.1, 0.15) is 52.3 Å². The number of carbonyl (C=O) groups is 5. The lowest BCUT2D eigenvalue weighted by atomic mass is 9.69. The third-order valence-corrected chi connectivity index (χ3v) is 9.78. The quantitative estimate of drug-likeness (QED) is 0.214. The Morgan fingerprint density at radius 2 is 1.12 bits per heavy atom. The minimum absolute atomic E-state index is 0.120. The summed E-state index contributed by atoms with van der Waals surface area (Å²) in [6.07, 6.45) is -2.74. The average Bonchev–Trinajstić information content (AvgIpc) is 3.03. The van der Waals surface area contributed by atoms with Gasteiger partial charge in [0.2, 0.25) is 11.2 Å². The van der Waals surface area contributed by atoms with Crippen molar-refractivity contribution < 1.29 is 73.2 Å². The fourth-order valence-electron chi connectivity index (χ4n) is 7.79. The number of ether oxygens (including phenoxy) is 5. The molecule has 2 fully saturated rings. The minimum Gasteiger partial charge on any atom is -0.506 e. The number of Topliss-reactive ketones (excluding diaryl/α,β-unsaturated/α-hetero) is 2. The number of aliphatic hydroxyl groups excluding tert-OH is 3. The number of aromatic hydroxyl groups is 2. The second-order valence-electron chi connectivity index (χ2n) is 13.3. The van der Waals surface area contributed by atoms with Crippen molar-refractivity contribution in [2.45, 2.75) is 70.9 Å². The summed E-state index contributed by atoms with van der Waals surface area (Å²) in [6, 6.07) is 5.22. The third-order valence-electron chi connectivity index (χ3n) is 9.78. The van der Waals surface area contributed by atoms with Crippen molar-refractivity contribution >= 4 is 41.0 Å². The number of hydrogen-bond donors (Lipinski definition) is 5. The summed E-state index contributed by atoms with van der Waals surface area (Å²) in [7, 11) is 0. The Kier molecular flexibility index (Phi) is 8.53. The Hall–Kier alpha value is -5.57. The predicted octanol–water partition coefficient (Wildman–Crippen LogP) is 3.20. The van der Waals surface area contributed by atoms with Crippen molar-refractivity contribution in [2.75, 3.05) is 13.2 Å². The Balaban J connectivity index is 1.51. The highest BCUT2D eigenvalue weighted by atomic mass is 16.6. The van der Waals surface area contributed by atoms with E-state index in [1.165, 1.54) is 24.3 Å². The van der Waals surface area contributed by atoms with Gasteiger partial charge in [0, 0.05) is 56.6 Å². The molecule has 270 valence electrons. The zero-order valence-corrected chi connectivity index (χ0v) is 28.3. The van der Waals surface area contributed by atoms with E-state index in [2.05, 4.69) is 0 Å². The van der Waals surface area contributed by atoms with E-state index in [0.717, 1.165) is 20.8 Å². The molecule has 6 unspecified atom stereocenters. The molecule has 2 aliphatic carbocycles. The van der Waals surface area contributed by atoms with Crippen LogP contribution >= 0.6 is 0 Å². The maximum absolute atomic E-state index is 13.5. The summed E-state index contributed by atoms with van der Waals surface area (Å²) in [5, 5.41) is 57.0. The van der Waals surface area contributed by atoms with Crippen molar-refractivity contribution in [2.24, 2.45) is 11.8 Å². The van der Waals surface area contributed by atoms with Gasteiger partial charge in [-0.1, -0.05) is 13.8 Å². The van der Waals surface area contributed by atoms with Crippen LogP contribution in [0.25, 0.3) is 22.6 Å². The van der Waals surface area contributed by atoms with E-state index in [4.69, 9.17) is 23.7 Å². The summed E-state index contributed by atoms with van der Waals surface area (Å²) in [5.41, 5.74) is -5.72. The van der Waals surface area contributed by atoms with Gasteiger partial charge in [-0.2, -0.15) is 0 Å². The number of benzene rings is 2. The van der Waals surface area contributed by atoms with Gasteiger partial charge >= 0.3 is 17.9 Å². The number of phenolic OH excluding ortho intramolecular Hbond substituents is 2. The number of hydrogen-bond acceptors (Lipinski definition) is 15. The number of carbonyl (C=O) groups excluding carboxylic acids is 5. The van der Waals surface area contributed by atoms with Crippen LogP contribution in [0.2, 0.25) is 0 Å². The monoisotopic (exact) mass is 708 g/mol. The molecule has 2 saturated carbocycles. The zero-order valence-electron chi connectivity index (χ0n) is 28.3. The Morgan fingerprint density at radius 1 is 0.706 bits per heavy atom. The number of phenols is 2. The van der Waals surface area contributed by atoms with Crippen molar-refractivity contribution in [1.82, 2.24) is 0 Å². The van der Waals surface area contributed by atoms with Gasteiger partial charge in [-0.3, -0.25) is 24.0 Å². The lowest BCUT2D eigenvalue weighted by Crippen LogP contribution is -2.63. The van der Waals surface area contributed by atoms with Crippen molar-refractivity contribution in [3.63, 3.8) is 0 Å². The smallest absolute Gasteiger partial charge is 0.303 e. The SMILES string of the molecule is CC(=O)OCC12Oc3ccc(-c4ccc5c(c4O)C(O)=C4C(=O)CC(C)C(OC(C)=O)C4(CO)O5)c(O)c3C(O)=C1C(=O)CC(C)C2OC(C)=O. The van der Waals surface area contributed by atoms with Gasteiger partial charge in [-0.15, -0.1) is 0 Å². The van der Waals surface area contributed by atoms with Crippen LogP contribution in [-0.4, -0.2) is 91.6 Å². The normalized spacial score (nSPS) is 28.0. The molecule has 0 aromatic heterocycles. The second kappa shape index (κ2) is 12.3. The van der Waals surface area contributed by atoms with Gasteiger partial charge in [0.25, 0.3) is 0 Å². The highest BCUT2D eigenvalue weighted by Crippen LogP contribution is 2.56. The molecule has 5 N–H and O–H groups in total. The summed E-state index contributed by atoms with van der Waals surface area (Å²) in [6.45, 7) is 5.20. The molecule has 0 spiro atoms. The fourth-order valence-corrected chi connectivity index (χ4v) is 7.79. The molecule has 2 aromatic carbocycles. The largest absolute Gasteiger partial charge is 0.506 e. The van der Waals surface area contributed by atoms with Crippen LogP contribution in [0.3, 0.4) is 0 Å². The molecule has 15 nitrogen and oxygen atoms in total. The van der Waals surface area contributed by atoms with Crippen molar-refractivity contribution in [3.8, 4) is 34.1 Å². The Labute approximate surface area is 290 Å². The molecule has 6 atom stereocenters. The third kappa shape index (κ3) is 5.25. The van der Waals surface area contributed by atoms with Crippen LogP contribution < -0.4 is 9.47 Å². The summed E-state index contributed by atoms with van der Waals surface area (Å²) in [5.74, 6) is -7.82. The van der Waals surface area contributed by atoms with Gasteiger partial charge in [-0.05, 0) is 24.3 Å². The number of aliphatic hydroxyl groups is 3. The highest BCUT2D eigenvalue weighted by molar-refractivity contribution is 6.08. The van der Waals surface area contributed by atoms with Crippen LogP contribution in [0, 0.1) is 11.8 Å². The van der Waals surface area contributed by atoms with Crippen LogP contribution in [0.1, 0.15) is 58.6 Å². The molecule has 6 rings (SSSR count). The highest BCUT2D eigenvalue weighted by Gasteiger charge is 2.61. The molecule has 0 saturated heterocycles. The maximum atomic E-state index is 13.5.